The highest BCUT2D eigenvalue weighted by atomic mass is 32.2. The molecule has 15 heteroatoms. The van der Waals surface area contributed by atoms with Crippen LogP contribution in [-0.4, -0.2) is 102 Å². The fourth-order valence-electron chi connectivity index (χ4n) is 8.86. The molecule has 4 bridgehead atoms. The molecule has 0 aromatic heterocycles. The molecule has 3 aliphatic carbocycles. The molecule has 3 aliphatic heterocycles. The molecule has 6 aliphatic rings. The Hall–Kier alpha value is -4.14. The van der Waals surface area contributed by atoms with E-state index in [1.165, 1.54) is 16.5 Å². The predicted octanol–water partition coefficient (Wildman–Crippen LogP) is 3.48. The molecule has 294 valence electrons. The van der Waals surface area contributed by atoms with Gasteiger partial charge in [-0.25, -0.2) is 18.0 Å². The van der Waals surface area contributed by atoms with Crippen molar-refractivity contribution in [3.63, 3.8) is 0 Å². The topological polar surface area (TPSA) is 175 Å². The Labute approximate surface area is 317 Å². The highest BCUT2D eigenvalue weighted by Gasteiger charge is 2.62. The summed E-state index contributed by atoms with van der Waals surface area (Å²) in [7, 11) is -2.17. The van der Waals surface area contributed by atoms with Crippen LogP contribution in [0.3, 0.4) is 0 Å². The molecular weight excluding hydrogens is 713 g/mol. The maximum Gasteiger partial charge on any atom is 0.410 e. The minimum atomic E-state index is -3.90. The van der Waals surface area contributed by atoms with Crippen LogP contribution in [0.2, 0.25) is 0 Å². The number of hydrogen-bond donors (Lipinski definition) is 3. The predicted molar refractivity (Wildman–Crippen MR) is 199 cm³/mol. The van der Waals surface area contributed by atoms with Crippen LogP contribution < -0.4 is 15.4 Å². The molecule has 0 spiro atoms. The quantitative estimate of drug-likeness (QED) is 0.354. The second-order valence-electron chi connectivity index (χ2n) is 16.3. The summed E-state index contributed by atoms with van der Waals surface area (Å²) in [6.07, 6.45) is 10.1. The molecule has 1 aromatic carbocycles. The van der Waals surface area contributed by atoms with Gasteiger partial charge in [-0.2, -0.15) is 0 Å². The van der Waals surface area contributed by atoms with Gasteiger partial charge in [0.2, 0.25) is 21.8 Å². The van der Waals surface area contributed by atoms with Crippen LogP contribution in [0.1, 0.15) is 100 Å². The van der Waals surface area contributed by atoms with Gasteiger partial charge in [-0.05, 0) is 74.0 Å². The van der Waals surface area contributed by atoms with E-state index >= 15 is 0 Å². The van der Waals surface area contributed by atoms with Crippen molar-refractivity contribution in [2.75, 3.05) is 20.1 Å². The number of fused-ring (bicyclic) bond motifs is 3. The van der Waals surface area contributed by atoms with Crippen LogP contribution in [0.4, 0.5) is 9.59 Å². The molecule has 0 radical (unpaired) electrons. The van der Waals surface area contributed by atoms with Gasteiger partial charge in [0.15, 0.2) is 0 Å². The summed E-state index contributed by atoms with van der Waals surface area (Å²) in [6.45, 7) is 5.05. The van der Waals surface area contributed by atoms with Crippen molar-refractivity contribution < 1.29 is 37.1 Å². The van der Waals surface area contributed by atoms with Gasteiger partial charge >= 0.3 is 12.1 Å². The Bertz CT molecular complexity index is 1780. The Morgan fingerprint density at radius 2 is 1.70 bits per heavy atom. The first-order valence-corrected chi connectivity index (χ1v) is 21.3. The van der Waals surface area contributed by atoms with Gasteiger partial charge in [0, 0.05) is 39.0 Å². The number of benzene rings is 1. The molecule has 3 saturated carbocycles. The zero-order valence-corrected chi connectivity index (χ0v) is 32.0. The number of nitrogens with zero attached hydrogens (tertiary/aromatic N) is 3. The second-order valence-corrected chi connectivity index (χ2v) is 18.2. The lowest BCUT2D eigenvalue weighted by Gasteiger charge is -2.35. The monoisotopic (exact) mass is 766 g/mol. The molecule has 54 heavy (non-hydrogen) atoms. The normalized spacial score (nSPS) is 29.9. The van der Waals surface area contributed by atoms with Crippen LogP contribution >= 0.6 is 0 Å². The van der Waals surface area contributed by atoms with Gasteiger partial charge in [-0.1, -0.05) is 56.4 Å². The molecule has 5 atom stereocenters. The lowest BCUT2D eigenvalue weighted by atomic mass is 9.83. The van der Waals surface area contributed by atoms with Gasteiger partial charge in [0.25, 0.3) is 5.91 Å². The number of carbonyl (C=O) groups is 5. The average Bonchev–Trinajstić information content (AvgIpc) is 4.05. The number of hydrogen-bond acceptors (Lipinski definition) is 8. The number of aryl methyl sites for hydroxylation is 1. The average molecular weight is 767 g/mol. The van der Waals surface area contributed by atoms with E-state index in [-0.39, 0.29) is 31.3 Å². The zero-order chi connectivity index (χ0) is 38.2. The van der Waals surface area contributed by atoms with Gasteiger partial charge in [0.05, 0.1) is 11.8 Å². The Kier molecular flexibility index (Phi) is 11.0. The standard InChI is InChI=1S/C39H54N6O8S/c1-3-28-21-39(28,36(48)42-54(51,52)30-17-18-30)41-34(46)32-20-29-23-45(32)35(47)33(26-13-8-6-9-14-26)40-37(49)43(2)19-10-5-4-7-12-25-15-11-16-27-22-44(24-31(25)27)38(50)53-29/h3,11,15-16,26,28-30,32-33H,1,4-10,12-14,17-24H2,2H3,(H,40,49)(H,41,46)(H,42,48)/t28-,29+,32-,33-,39+/m0/s1. The molecular formula is C39H54N6O8S. The second kappa shape index (κ2) is 15.5. The van der Waals surface area contributed by atoms with Gasteiger partial charge in [-0.3, -0.25) is 24.0 Å². The van der Waals surface area contributed by atoms with E-state index in [0.717, 1.165) is 75.3 Å². The van der Waals surface area contributed by atoms with Gasteiger partial charge in [0.1, 0.15) is 23.7 Å². The largest absolute Gasteiger partial charge is 0.444 e. The number of urea groups is 1. The zero-order valence-electron chi connectivity index (χ0n) is 31.2. The summed E-state index contributed by atoms with van der Waals surface area (Å²) in [5.41, 5.74) is 1.86. The first kappa shape index (κ1) is 38.1. The van der Waals surface area contributed by atoms with E-state index in [1.807, 2.05) is 12.1 Å². The summed E-state index contributed by atoms with van der Waals surface area (Å²) in [5, 5.41) is 5.20. The lowest BCUT2D eigenvalue weighted by Crippen LogP contribution is -2.60. The molecule has 1 aromatic rings. The van der Waals surface area contributed by atoms with E-state index in [4.69, 9.17) is 4.74 Å². The fraction of sp³-hybridized carbons (Fsp3) is 0.667. The first-order valence-electron chi connectivity index (χ1n) is 19.8. The molecule has 7 rings (SSSR count). The van der Waals surface area contributed by atoms with E-state index in [1.54, 1.807) is 16.8 Å². The number of sulfonamides is 1. The molecule has 3 N–H and O–H groups in total. The number of carbonyl (C=O) groups excluding carboxylic acids is 5. The van der Waals surface area contributed by atoms with Crippen molar-refractivity contribution in [3.8, 4) is 0 Å². The first-order chi connectivity index (χ1) is 25.9. The third-order valence-electron chi connectivity index (χ3n) is 12.4. The maximum atomic E-state index is 14.8. The van der Waals surface area contributed by atoms with Crippen molar-refractivity contribution in [1.82, 2.24) is 30.1 Å². The van der Waals surface area contributed by atoms with Crippen LogP contribution in [0.15, 0.2) is 30.9 Å². The maximum absolute atomic E-state index is 14.8. The van der Waals surface area contributed by atoms with Crippen molar-refractivity contribution in [1.29, 1.82) is 0 Å². The number of nitrogens with one attached hydrogen (secondary N) is 3. The fourth-order valence-corrected chi connectivity index (χ4v) is 10.2. The highest BCUT2D eigenvalue weighted by molar-refractivity contribution is 7.91. The smallest absolute Gasteiger partial charge is 0.410 e. The van der Waals surface area contributed by atoms with E-state index in [0.29, 0.717) is 32.5 Å². The Morgan fingerprint density at radius 1 is 0.981 bits per heavy atom. The van der Waals surface area contributed by atoms with E-state index < -0.39 is 68.7 Å². The Morgan fingerprint density at radius 3 is 2.43 bits per heavy atom. The highest BCUT2D eigenvalue weighted by Crippen LogP contribution is 2.45. The Balaban J connectivity index is 1.16. The summed E-state index contributed by atoms with van der Waals surface area (Å²) in [4.78, 5) is 74.6. The molecule has 6 amide bonds. The summed E-state index contributed by atoms with van der Waals surface area (Å²) >= 11 is 0. The molecule has 3 heterocycles. The van der Waals surface area contributed by atoms with Gasteiger partial charge < -0.3 is 25.2 Å². The van der Waals surface area contributed by atoms with E-state index in [2.05, 4.69) is 28.0 Å². The van der Waals surface area contributed by atoms with Crippen molar-refractivity contribution in [2.45, 2.75) is 132 Å². The van der Waals surface area contributed by atoms with Crippen LogP contribution in [0, 0.1) is 11.8 Å². The molecule has 4 fully saturated rings. The molecule has 1 saturated heterocycles. The van der Waals surface area contributed by atoms with Gasteiger partial charge in [-0.15, -0.1) is 6.58 Å². The molecule has 0 unspecified atom stereocenters. The third kappa shape index (κ3) is 7.97. The van der Waals surface area contributed by atoms with Crippen molar-refractivity contribution in [2.24, 2.45) is 11.8 Å². The number of amides is 6. The third-order valence-corrected chi connectivity index (χ3v) is 14.2. The van der Waals surface area contributed by atoms with E-state index in [9.17, 15) is 32.4 Å². The summed E-state index contributed by atoms with van der Waals surface area (Å²) < 4.78 is 33.7. The minimum Gasteiger partial charge on any atom is -0.444 e. The number of rotatable bonds is 7. The lowest BCUT2D eigenvalue weighted by molar-refractivity contribution is -0.142. The van der Waals surface area contributed by atoms with Crippen molar-refractivity contribution >= 4 is 39.9 Å². The van der Waals surface area contributed by atoms with Crippen LogP contribution in [0.25, 0.3) is 0 Å². The summed E-state index contributed by atoms with van der Waals surface area (Å²) in [5.74, 6) is -2.60. The van der Waals surface area contributed by atoms with Crippen molar-refractivity contribution in [3.05, 3.63) is 47.5 Å². The number of ether oxygens (including phenoxy) is 1. The summed E-state index contributed by atoms with van der Waals surface area (Å²) in [6, 6.07) is 3.73. The van der Waals surface area contributed by atoms with Crippen LogP contribution in [-0.2, 0) is 48.7 Å². The minimum absolute atomic E-state index is 0.0303. The SMILES string of the molecule is C=C[C@H]1C[C@]1(NC(=O)[C@@H]1C[C@@H]2CN1C(=O)[C@H](C1CCCCC1)NC(=O)N(C)CCCCCCc1cccc3c1CN(C3)C(=O)O2)C(=O)NS(=O)(=O)C1CC1. The van der Waals surface area contributed by atoms with Crippen LogP contribution in [0.5, 0.6) is 0 Å². The molecule has 14 nitrogen and oxygen atoms in total.